The number of nitrogens with zero attached hydrogens (tertiary/aromatic N) is 2. The second-order valence-corrected chi connectivity index (χ2v) is 7.29. The van der Waals surface area contributed by atoms with Gasteiger partial charge < -0.3 is 15.6 Å². The van der Waals surface area contributed by atoms with E-state index in [0.29, 0.717) is 5.56 Å². The molecular weight excluding hydrogens is 390 g/mol. The van der Waals surface area contributed by atoms with Gasteiger partial charge in [-0.3, -0.25) is 4.98 Å². The van der Waals surface area contributed by atoms with E-state index in [2.05, 4.69) is 64.4 Å². The van der Waals surface area contributed by atoms with Crippen LogP contribution < -0.4 is 10.6 Å². The molecule has 0 amide bonds. The molecule has 0 saturated carbocycles. The van der Waals surface area contributed by atoms with Crippen LogP contribution in [0.1, 0.15) is 23.6 Å². The fraction of sp³-hybridized carbons (Fsp3) is 0.167. The van der Waals surface area contributed by atoms with Crippen molar-refractivity contribution in [3.05, 3.63) is 83.8 Å². The number of thiol groups is 1. The van der Waals surface area contributed by atoms with Gasteiger partial charge in [0.2, 0.25) is 0 Å². The summed E-state index contributed by atoms with van der Waals surface area (Å²) in [5, 5.41) is 16.9. The Bertz CT molecular complexity index is 1150. The number of aromatic nitrogens is 2. The average Bonchev–Trinajstić information content (AvgIpc) is 3.17. The van der Waals surface area contributed by atoms with Crippen LogP contribution in [0.2, 0.25) is 0 Å². The van der Waals surface area contributed by atoms with Crippen LogP contribution in [0.3, 0.4) is 0 Å². The van der Waals surface area contributed by atoms with E-state index in [1.807, 2.05) is 43.6 Å². The van der Waals surface area contributed by atoms with Crippen LogP contribution in [-0.2, 0) is 13.0 Å². The number of fused-ring (bicyclic) bond motifs is 1. The number of pyridine rings is 1. The topological polar surface area (TPSA) is 76.5 Å². The number of rotatable bonds is 5. The van der Waals surface area contributed by atoms with Crippen molar-refractivity contribution in [1.29, 1.82) is 5.26 Å². The zero-order valence-corrected chi connectivity index (χ0v) is 18.0. The predicted octanol–water partition coefficient (Wildman–Crippen LogP) is 5.44. The molecule has 0 spiro atoms. The number of aryl methyl sites for hydroxylation is 1. The number of hydrogen-bond acceptors (Lipinski definition) is 5. The largest absolute Gasteiger partial charge is 0.361 e. The van der Waals surface area contributed by atoms with Gasteiger partial charge in [-0.15, -0.1) is 12.6 Å². The fourth-order valence-electron chi connectivity index (χ4n) is 3.19. The first kappa shape index (κ1) is 21.4. The highest BCUT2D eigenvalue weighted by molar-refractivity contribution is 7.80. The number of nitrogens with one attached hydrogen (secondary N) is 3. The molecule has 2 aromatic heterocycles. The highest BCUT2D eigenvalue weighted by Crippen LogP contribution is 2.26. The van der Waals surface area contributed by atoms with Crippen molar-refractivity contribution in [1.82, 2.24) is 15.3 Å². The second-order valence-electron chi connectivity index (χ2n) is 6.78. The summed E-state index contributed by atoms with van der Waals surface area (Å²) in [4.78, 5) is 8.04. The molecule has 0 aliphatic carbocycles. The summed E-state index contributed by atoms with van der Waals surface area (Å²) in [6.07, 6.45) is 6.35. The van der Waals surface area contributed by atoms with Crippen molar-refractivity contribution >= 4 is 34.9 Å². The van der Waals surface area contributed by atoms with E-state index in [9.17, 15) is 0 Å². The molecule has 0 unspecified atom stereocenters. The van der Waals surface area contributed by atoms with Gasteiger partial charge in [0.25, 0.3) is 0 Å². The molecule has 0 bridgehead atoms. The third-order valence-corrected chi connectivity index (χ3v) is 4.94. The van der Waals surface area contributed by atoms with Crippen LogP contribution in [-0.4, -0.2) is 17.0 Å². The number of nitriles is 1. The van der Waals surface area contributed by atoms with E-state index in [4.69, 9.17) is 5.26 Å². The van der Waals surface area contributed by atoms with Crippen molar-refractivity contribution < 1.29 is 0 Å². The molecule has 0 saturated heterocycles. The minimum Gasteiger partial charge on any atom is -0.361 e. The molecule has 3 N–H and O–H groups in total. The zero-order valence-electron chi connectivity index (χ0n) is 17.1. The van der Waals surface area contributed by atoms with Crippen molar-refractivity contribution in [2.75, 3.05) is 12.4 Å². The molecule has 152 valence electrons. The quantitative estimate of drug-likeness (QED) is 0.328. The van der Waals surface area contributed by atoms with E-state index in [1.54, 1.807) is 12.4 Å². The van der Waals surface area contributed by atoms with Gasteiger partial charge >= 0.3 is 0 Å². The minimum absolute atomic E-state index is 0.698. The van der Waals surface area contributed by atoms with Crippen molar-refractivity contribution in [2.45, 2.75) is 24.8 Å². The van der Waals surface area contributed by atoms with Gasteiger partial charge in [-0.2, -0.15) is 5.26 Å². The van der Waals surface area contributed by atoms with Crippen LogP contribution in [0.25, 0.3) is 10.9 Å². The maximum atomic E-state index is 9.02. The Balaban J connectivity index is 0.000000310. The lowest BCUT2D eigenvalue weighted by Gasteiger charge is -2.11. The summed E-state index contributed by atoms with van der Waals surface area (Å²) in [6.45, 7) is 2.95. The third kappa shape index (κ3) is 5.41. The molecule has 30 heavy (non-hydrogen) atoms. The van der Waals surface area contributed by atoms with E-state index in [0.717, 1.165) is 40.3 Å². The van der Waals surface area contributed by atoms with E-state index < -0.39 is 0 Å². The minimum atomic E-state index is 0.698. The van der Waals surface area contributed by atoms with Gasteiger partial charge in [0.15, 0.2) is 0 Å². The molecule has 0 fully saturated rings. The Hall–Kier alpha value is -3.27. The molecule has 2 aromatic carbocycles. The molecule has 0 radical (unpaired) electrons. The van der Waals surface area contributed by atoms with Crippen LogP contribution in [0.15, 0.2) is 72.0 Å². The number of H-pyrrole nitrogens is 1. The van der Waals surface area contributed by atoms with E-state index in [1.165, 1.54) is 10.9 Å². The Morgan fingerprint density at radius 1 is 1.13 bits per heavy atom. The molecular formula is C24H25N5S. The lowest BCUT2D eigenvalue weighted by molar-refractivity contribution is 0.823. The molecule has 2 heterocycles. The molecule has 0 aliphatic rings. The summed E-state index contributed by atoms with van der Waals surface area (Å²) in [5.41, 5.74) is 6.31. The second kappa shape index (κ2) is 10.5. The van der Waals surface area contributed by atoms with Gasteiger partial charge in [-0.1, -0.05) is 13.0 Å². The Morgan fingerprint density at radius 3 is 2.63 bits per heavy atom. The summed E-state index contributed by atoms with van der Waals surface area (Å²) in [6, 6.07) is 18.0. The first-order chi connectivity index (χ1) is 14.6. The van der Waals surface area contributed by atoms with Gasteiger partial charge in [0.1, 0.15) is 0 Å². The van der Waals surface area contributed by atoms with Gasteiger partial charge in [0, 0.05) is 52.3 Å². The lowest BCUT2D eigenvalue weighted by Crippen LogP contribution is -2.03. The maximum absolute atomic E-state index is 9.02. The summed E-state index contributed by atoms with van der Waals surface area (Å²) >= 11 is 4.02. The molecule has 0 atom stereocenters. The molecule has 4 aromatic rings. The monoisotopic (exact) mass is 415 g/mol. The fourth-order valence-corrected chi connectivity index (χ4v) is 3.34. The van der Waals surface area contributed by atoms with E-state index >= 15 is 0 Å². The Labute approximate surface area is 182 Å². The van der Waals surface area contributed by atoms with Gasteiger partial charge in [-0.25, -0.2) is 0 Å². The average molecular weight is 416 g/mol. The van der Waals surface area contributed by atoms with Crippen LogP contribution >= 0.6 is 12.6 Å². The lowest BCUT2D eigenvalue weighted by atomic mass is 10.1. The number of hydrogen-bond donors (Lipinski definition) is 4. The van der Waals surface area contributed by atoms with E-state index in [-0.39, 0.29) is 0 Å². The smallest absolute Gasteiger partial charge is 0.0991 e. The zero-order chi connectivity index (χ0) is 21.3. The van der Waals surface area contributed by atoms with Crippen LogP contribution in [0.5, 0.6) is 0 Å². The number of benzene rings is 2. The predicted molar refractivity (Wildman–Crippen MR) is 126 cm³/mol. The maximum Gasteiger partial charge on any atom is 0.0991 e. The standard InChI is InChI=1S/C19H20N4.C5H5NS/c1-3-14-8-13(10-20)4-7-18(14)23-16-5-6-17-15(11-21-2)12-22-19(17)9-16;7-5-2-1-3-6-4-5/h4-9,12,21-23H,3,11H2,1-2H3;1-4,7H. The van der Waals surface area contributed by atoms with Crippen molar-refractivity contribution in [3.8, 4) is 6.07 Å². The summed E-state index contributed by atoms with van der Waals surface area (Å²) < 4.78 is 0. The highest BCUT2D eigenvalue weighted by Gasteiger charge is 2.06. The third-order valence-electron chi connectivity index (χ3n) is 4.67. The molecule has 5 nitrogen and oxygen atoms in total. The molecule has 0 aliphatic heterocycles. The van der Waals surface area contributed by atoms with Gasteiger partial charge in [-0.05, 0) is 67.1 Å². The van der Waals surface area contributed by atoms with Crippen LogP contribution in [0.4, 0.5) is 11.4 Å². The van der Waals surface area contributed by atoms with Crippen molar-refractivity contribution in [2.24, 2.45) is 0 Å². The summed E-state index contributed by atoms with van der Waals surface area (Å²) in [7, 11) is 1.95. The molecule has 6 heteroatoms. The normalized spacial score (nSPS) is 10.2. The van der Waals surface area contributed by atoms with Crippen molar-refractivity contribution in [3.63, 3.8) is 0 Å². The first-order valence-corrected chi connectivity index (χ1v) is 10.2. The SMILES string of the molecule is CCc1cc(C#N)ccc1Nc1ccc2c(CNC)c[nH]c2c1.Sc1cccnc1. The molecule has 4 rings (SSSR count). The van der Waals surface area contributed by atoms with Crippen LogP contribution in [0, 0.1) is 11.3 Å². The highest BCUT2D eigenvalue weighted by atomic mass is 32.1. The van der Waals surface area contributed by atoms with Gasteiger partial charge in [0.05, 0.1) is 11.6 Å². The Morgan fingerprint density at radius 2 is 2.00 bits per heavy atom. The first-order valence-electron chi connectivity index (χ1n) is 9.78. The number of anilines is 2. The summed E-state index contributed by atoms with van der Waals surface area (Å²) in [5.74, 6) is 0. The number of aromatic amines is 1. The Kier molecular flexibility index (Phi) is 7.50.